The van der Waals surface area contributed by atoms with Gasteiger partial charge in [-0.15, -0.1) is 0 Å². The number of carbonyl (C=O) groups excluding carboxylic acids is 4. The minimum absolute atomic E-state index is 0.130. The highest BCUT2D eigenvalue weighted by molar-refractivity contribution is 6.30. The molecule has 2 saturated heterocycles. The van der Waals surface area contributed by atoms with E-state index in [-0.39, 0.29) is 24.8 Å². The van der Waals surface area contributed by atoms with Crippen molar-refractivity contribution in [2.45, 2.75) is 62.6 Å². The highest BCUT2D eigenvalue weighted by atomic mass is 35.5. The van der Waals surface area contributed by atoms with Gasteiger partial charge in [-0.2, -0.15) is 0 Å². The Hall–Kier alpha value is -3.11. The summed E-state index contributed by atoms with van der Waals surface area (Å²) >= 11 is 5.86. The van der Waals surface area contributed by atoms with Gasteiger partial charge in [0.1, 0.15) is 18.1 Å². The fourth-order valence-electron chi connectivity index (χ4n) is 4.40. The molecular formula is C22H25ClN4O6. The molecule has 0 saturated carbocycles. The Labute approximate surface area is 195 Å². The summed E-state index contributed by atoms with van der Waals surface area (Å²) in [4.78, 5) is 51.7. The monoisotopic (exact) mass is 476 g/mol. The molecule has 11 heteroatoms. The van der Waals surface area contributed by atoms with Crippen LogP contribution < -0.4 is 16.0 Å². The normalized spacial score (nSPS) is 29.0. The predicted molar refractivity (Wildman–Crippen MR) is 118 cm³/mol. The van der Waals surface area contributed by atoms with Crippen LogP contribution in [-0.4, -0.2) is 64.3 Å². The van der Waals surface area contributed by atoms with Gasteiger partial charge in [0.2, 0.25) is 18.1 Å². The van der Waals surface area contributed by atoms with E-state index in [1.54, 1.807) is 24.3 Å². The van der Waals surface area contributed by atoms with E-state index in [1.807, 2.05) is 12.2 Å². The number of amides is 4. The minimum Gasteiger partial charge on any atom is -0.434 e. The number of nitrogens with one attached hydrogen (secondary N) is 3. The van der Waals surface area contributed by atoms with Gasteiger partial charge in [0.05, 0.1) is 6.42 Å². The topological polar surface area (TPSA) is 137 Å². The SMILES string of the molecule is O=C(Nc1ccc(Cl)cc1)N[C@H]1CC=CC[C@@H]2CC[C@@H](C(=O)NC3CC(=O)OC3O)N2C1=O. The van der Waals surface area contributed by atoms with Gasteiger partial charge in [-0.3, -0.25) is 14.4 Å². The van der Waals surface area contributed by atoms with Crippen LogP contribution in [-0.2, 0) is 19.1 Å². The number of cyclic esters (lactones) is 1. The van der Waals surface area contributed by atoms with Gasteiger partial charge in [0.15, 0.2) is 0 Å². The number of nitrogens with zero attached hydrogens (tertiary/aromatic N) is 1. The van der Waals surface area contributed by atoms with Crippen LogP contribution in [0.1, 0.15) is 32.1 Å². The number of urea groups is 1. The Kier molecular flexibility index (Phi) is 6.85. The van der Waals surface area contributed by atoms with Crippen molar-refractivity contribution in [3.8, 4) is 0 Å². The van der Waals surface area contributed by atoms with E-state index in [0.717, 1.165) is 0 Å². The lowest BCUT2D eigenvalue weighted by atomic mass is 10.0. The van der Waals surface area contributed by atoms with Crippen molar-refractivity contribution in [3.05, 3.63) is 41.4 Å². The summed E-state index contributed by atoms with van der Waals surface area (Å²) in [5, 5.41) is 18.3. The molecule has 33 heavy (non-hydrogen) atoms. The number of hydrogen-bond donors (Lipinski definition) is 4. The first-order chi connectivity index (χ1) is 15.8. The van der Waals surface area contributed by atoms with Gasteiger partial charge in [-0.25, -0.2) is 4.79 Å². The molecule has 0 bridgehead atoms. The zero-order chi connectivity index (χ0) is 23.5. The van der Waals surface area contributed by atoms with E-state index in [0.29, 0.717) is 30.0 Å². The van der Waals surface area contributed by atoms with E-state index < -0.39 is 42.3 Å². The molecule has 4 N–H and O–H groups in total. The van der Waals surface area contributed by atoms with Crippen molar-refractivity contribution >= 4 is 41.1 Å². The second kappa shape index (κ2) is 9.80. The highest BCUT2D eigenvalue weighted by Crippen LogP contribution is 2.30. The maximum atomic E-state index is 13.4. The maximum absolute atomic E-state index is 13.4. The summed E-state index contributed by atoms with van der Waals surface area (Å²) in [5.74, 6) is -1.41. The molecule has 2 unspecified atom stereocenters. The van der Waals surface area contributed by atoms with Crippen molar-refractivity contribution in [2.24, 2.45) is 0 Å². The lowest BCUT2D eigenvalue weighted by Crippen LogP contribution is -2.57. The Balaban J connectivity index is 1.44. The van der Waals surface area contributed by atoms with E-state index >= 15 is 0 Å². The molecule has 0 aromatic heterocycles. The number of anilines is 1. The van der Waals surface area contributed by atoms with Crippen molar-refractivity contribution in [2.75, 3.05) is 5.32 Å². The van der Waals surface area contributed by atoms with E-state index in [9.17, 15) is 24.3 Å². The fourth-order valence-corrected chi connectivity index (χ4v) is 4.52. The lowest BCUT2D eigenvalue weighted by molar-refractivity contribution is -0.155. The summed E-state index contributed by atoms with van der Waals surface area (Å²) in [6.07, 6.45) is 4.22. The third-order valence-corrected chi connectivity index (χ3v) is 6.27. The number of aliphatic hydroxyl groups excluding tert-OH is 1. The van der Waals surface area contributed by atoms with Gasteiger partial charge in [0, 0.05) is 16.8 Å². The highest BCUT2D eigenvalue weighted by Gasteiger charge is 2.45. The summed E-state index contributed by atoms with van der Waals surface area (Å²) in [6, 6.07) is 3.36. The second-order valence-corrected chi connectivity index (χ2v) is 8.73. The number of ether oxygens (including phenoxy) is 1. The minimum atomic E-state index is -1.41. The van der Waals surface area contributed by atoms with Crippen LogP contribution in [0.3, 0.4) is 0 Å². The van der Waals surface area contributed by atoms with E-state index in [1.165, 1.54) is 4.90 Å². The molecule has 3 aliphatic rings. The largest absolute Gasteiger partial charge is 0.434 e. The van der Waals surface area contributed by atoms with Crippen LogP contribution in [0.25, 0.3) is 0 Å². The molecule has 176 valence electrons. The molecular weight excluding hydrogens is 452 g/mol. The van der Waals surface area contributed by atoms with Gasteiger partial charge >= 0.3 is 12.0 Å². The molecule has 1 aromatic rings. The van der Waals surface area contributed by atoms with E-state index in [2.05, 4.69) is 20.7 Å². The van der Waals surface area contributed by atoms with Crippen LogP contribution in [0.4, 0.5) is 10.5 Å². The number of benzene rings is 1. The summed E-state index contributed by atoms with van der Waals surface area (Å²) in [5.41, 5.74) is 0.522. The quantitative estimate of drug-likeness (QED) is 0.382. The van der Waals surface area contributed by atoms with Crippen molar-refractivity contribution in [3.63, 3.8) is 0 Å². The molecule has 3 aliphatic heterocycles. The summed E-state index contributed by atoms with van der Waals surface area (Å²) < 4.78 is 4.67. The van der Waals surface area contributed by atoms with Gasteiger partial charge in [-0.1, -0.05) is 23.8 Å². The standard InChI is InChI=1S/C22H25ClN4O6/c23-12-5-7-13(8-6-12)24-22(32)26-15-4-2-1-3-14-9-10-17(27(14)20(15)30)19(29)25-16-11-18(28)33-21(16)31/h1-2,5-8,14-17,21,31H,3-4,9-11H2,(H,25,29)(H2,24,26,32)/t14-,15+,16?,17+,21?/m1/s1. The van der Waals surface area contributed by atoms with Crippen molar-refractivity contribution in [1.29, 1.82) is 0 Å². The Morgan fingerprint density at radius 3 is 2.48 bits per heavy atom. The molecule has 4 amide bonds. The number of fused-ring (bicyclic) bond motifs is 1. The summed E-state index contributed by atoms with van der Waals surface area (Å²) in [6.45, 7) is 0. The molecule has 10 nitrogen and oxygen atoms in total. The molecule has 0 aliphatic carbocycles. The Bertz CT molecular complexity index is 968. The Morgan fingerprint density at radius 2 is 1.79 bits per heavy atom. The van der Waals surface area contributed by atoms with Crippen LogP contribution in [0.2, 0.25) is 5.02 Å². The van der Waals surface area contributed by atoms with Crippen molar-refractivity contribution in [1.82, 2.24) is 15.5 Å². The molecule has 1 aromatic carbocycles. The number of esters is 1. The van der Waals surface area contributed by atoms with Crippen LogP contribution in [0, 0.1) is 0 Å². The van der Waals surface area contributed by atoms with Crippen LogP contribution in [0.15, 0.2) is 36.4 Å². The Morgan fingerprint density at radius 1 is 1.06 bits per heavy atom. The maximum Gasteiger partial charge on any atom is 0.319 e. The third kappa shape index (κ3) is 5.28. The van der Waals surface area contributed by atoms with E-state index in [4.69, 9.17) is 11.6 Å². The van der Waals surface area contributed by atoms with Crippen LogP contribution >= 0.6 is 11.6 Å². The molecule has 5 atom stereocenters. The average molecular weight is 477 g/mol. The van der Waals surface area contributed by atoms with Gasteiger partial charge in [0.25, 0.3) is 0 Å². The molecule has 3 heterocycles. The molecule has 2 fully saturated rings. The van der Waals surface area contributed by atoms with Gasteiger partial charge in [-0.05, 0) is 49.9 Å². The number of aliphatic hydroxyl groups is 1. The molecule has 4 rings (SSSR count). The molecule has 0 radical (unpaired) electrons. The first-order valence-electron chi connectivity index (χ1n) is 10.8. The third-order valence-electron chi connectivity index (χ3n) is 6.02. The molecule has 0 spiro atoms. The number of rotatable bonds is 4. The zero-order valence-electron chi connectivity index (χ0n) is 17.7. The zero-order valence-corrected chi connectivity index (χ0v) is 18.5. The van der Waals surface area contributed by atoms with Gasteiger partial charge < -0.3 is 30.7 Å². The van der Waals surface area contributed by atoms with Crippen LogP contribution in [0.5, 0.6) is 0 Å². The number of carbonyl (C=O) groups is 4. The smallest absolute Gasteiger partial charge is 0.319 e. The number of halogens is 1. The fraction of sp³-hybridized carbons (Fsp3) is 0.455. The average Bonchev–Trinajstić information content (AvgIpc) is 3.32. The van der Waals surface area contributed by atoms with Crippen molar-refractivity contribution < 1.29 is 29.0 Å². The lowest BCUT2D eigenvalue weighted by Gasteiger charge is -2.34. The number of hydrogen-bond acceptors (Lipinski definition) is 6. The second-order valence-electron chi connectivity index (χ2n) is 8.29. The first-order valence-corrected chi connectivity index (χ1v) is 11.2. The first kappa shape index (κ1) is 23.1. The predicted octanol–water partition coefficient (Wildman–Crippen LogP) is 1.29. The summed E-state index contributed by atoms with van der Waals surface area (Å²) in [7, 11) is 0.